The van der Waals surface area contributed by atoms with Gasteiger partial charge in [0.15, 0.2) is 23.3 Å². The van der Waals surface area contributed by atoms with Gasteiger partial charge in [-0.2, -0.15) is 0 Å². The van der Waals surface area contributed by atoms with Crippen molar-refractivity contribution in [2.45, 2.75) is 26.8 Å². The lowest BCUT2D eigenvalue weighted by atomic mass is 9.87. The summed E-state index contributed by atoms with van der Waals surface area (Å²) in [6, 6.07) is -1.20. The van der Waals surface area contributed by atoms with E-state index in [1.54, 1.807) is 26.1 Å². The number of nitrogens with two attached hydrogens (primary N) is 1. The van der Waals surface area contributed by atoms with Crippen LogP contribution >= 0.6 is 0 Å². The van der Waals surface area contributed by atoms with Crippen LogP contribution in [0.3, 0.4) is 0 Å². The average molecular weight is 296 g/mol. The van der Waals surface area contributed by atoms with E-state index in [-0.39, 0.29) is 0 Å². The third-order valence-corrected chi connectivity index (χ3v) is 2.67. The standard InChI is InChI=1S/C12H13F5N2O/c1-12(2,3)10(18)11(20)19-9-7(16)5(14)4(13)6(15)8(9)17/h10H,18H2,1-3H3,(H,19,20)/t10-/m1/s1. The molecule has 0 saturated carbocycles. The molecule has 8 heteroatoms. The maximum Gasteiger partial charge on any atom is 0.241 e. The van der Waals surface area contributed by atoms with Gasteiger partial charge in [-0.05, 0) is 5.41 Å². The highest BCUT2D eigenvalue weighted by Crippen LogP contribution is 2.28. The second-order valence-corrected chi connectivity index (χ2v) is 5.28. The topological polar surface area (TPSA) is 55.1 Å². The average Bonchev–Trinajstić information content (AvgIpc) is 2.36. The second kappa shape index (κ2) is 5.35. The maximum atomic E-state index is 13.3. The van der Waals surface area contributed by atoms with Gasteiger partial charge in [-0.3, -0.25) is 4.79 Å². The van der Waals surface area contributed by atoms with E-state index in [0.717, 1.165) is 0 Å². The highest BCUT2D eigenvalue weighted by atomic mass is 19.2. The molecule has 0 bridgehead atoms. The second-order valence-electron chi connectivity index (χ2n) is 5.28. The third kappa shape index (κ3) is 2.90. The van der Waals surface area contributed by atoms with E-state index in [1.165, 1.54) is 0 Å². The summed E-state index contributed by atoms with van der Waals surface area (Å²) in [6.07, 6.45) is 0. The Kier molecular flexibility index (Phi) is 4.38. The molecule has 1 amide bonds. The van der Waals surface area contributed by atoms with Gasteiger partial charge in [0.05, 0.1) is 6.04 Å². The molecule has 0 fully saturated rings. The van der Waals surface area contributed by atoms with Crippen LogP contribution < -0.4 is 11.1 Å². The Balaban J connectivity index is 3.21. The van der Waals surface area contributed by atoms with Crippen molar-refractivity contribution >= 4 is 11.6 Å². The van der Waals surface area contributed by atoms with E-state index in [9.17, 15) is 26.7 Å². The third-order valence-electron chi connectivity index (χ3n) is 2.67. The predicted octanol–water partition coefficient (Wildman–Crippen LogP) is 2.69. The molecule has 0 aliphatic rings. The van der Waals surface area contributed by atoms with Gasteiger partial charge in [-0.25, -0.2) is 22.0 Å². The van der Waals surface area contributed by atoms with Gasteiger partial charge in [0.2, 0.25) is 11.7 Å². The van der Waals surface area contributed by atoms with E-state index in [1.807, 2.05) is 0 Å². The van der Waals surface area contributed by atoms with Gasteiger partial charge in [0.25, 0.3) is 0 Å². The Morgan fingerprint density at radius 2 is 1.30 bits per heavy atom. The molecule has 1 rings (SSSR count). The largest absolute Gasteiger partial charge is 0.320 e. The fraction of sp³-hybridized carbons (Fsp3) is 0.417. The molecule has 0 heterocycles. The number of amides is 1. The van der Waals surface area contributed by atoms with E-state index < -0.39 is 52.1 Å². The molecule has 0 aliphatic carbocycles. The Morgan fingerprint density at radius 1 is 0.950 bits per heavy atom. The molecule has 20 heavy (non-hydrogen) atoms. The molecular formula is C12H13F5N2O. The number of halogens is 5. The van der Waals surface area contributed by atoms with E-state index in [2.05, 4.69) is 0 Å². The van der Waals surface area contributed by atoms with Crippen molar-refractivity contribution in [1.82, 2.24) is 0 Å². The van der Waals surface area contributed by atoms with Crippen LogP contribution in [-0.2, 0) is 4.79 Å². The molecule has 0 saturated heterocycles. The number of rotatable bonds is 2. The SMILES string of the molecule is CC(C)(C)[C@H](N)C(=O)Nc1c(F)c(F)c(F)c(F)c1F. The minimum absolute atomic E-state index is 0.756. The summed E-state index contributed by atoms with van der Waals surface area (Å²) in [6.45, 7) is 4.74. The Bertz CT molecular complexity index is 525. The zero-order valence-electron chi connectivity index (χ0n) is 11.0. The predicted molar refractivity (Wildman–Crippen MR) is 62.3 cm³/mol. The van der Waals surface area contributed by atoms with E-state index >= 15 is 0 Å². The quantitative estimate of drug-likeness (QED) is 0.501. The summed E-state index contributed by atoms with van der Waals surface area (Å²) in [5, 5.41) is 1.63. The molecule has 3 nitrogen and oxygen atoms in total. The van der Waals surface area contributed by atoms with Crippen LogP contribution in [0.15, 0.2) is 0 Å². The molecule has 0 spiro atoms. The van der Waals surface area contributed by atoms with Crippen LogP contribution in [0.5, 0.6) is 0 Å². The van der Waals surface area contributed by atoms with Crippen molar-refractivity contribution in [3.63, 3.8) is 0 Å². The maximum absolute atomic E-state index is 13.3. The van der Waals surface area contributed by atoms with Crippen molar-refractivity contribution < 1.29 is 26.7 Å². The first-order valence-electron chi connectivity index (χ1n) is 5.56. The van der Waals surface area contributed by atoms with Gasteiger partial charge in [-0.15, -0.1) is 0 Å². The lowest BCUT2D eigenvalue weighted by Crippen LogP contribution is -2.45. The highest BCUT2D eigenvalue weighted by molar-refractivity contribution is 5.95. The van der Waals surface area contributed by atoms with Crippen LogP contribution in [0.2, 0.25) is 0 Å². The molecule has 112 valence electrons. The van der Waals surface area contributed by atoms with Crippen LogP contribution in [0.4, 0.5) is 27.6 Å². The van der Waals surface area contributed by atoms with Gasteiger partial charge in [0, 0.05) is 0 Å². The number of hydrogen-bond donors (Lipinski definition) is 2. The van der Waals surface area contributed by atoms with Crippen LogP contribution in [0.25, 0.3) is 0 Å². The molecule has 3 N–H and O–H groups in total. The molecule has 1 aromatic rings. The number of carbonyl (C=O) groups is 1. The fourth-order valence-corrected chi connectivity index (χ4v) is 1.31. The normalized spacial score (nSPS) is 13.2. The minimum atomic E-state index is -2.29. The number of nitrogens with one attached hydrogen (secondary N) is 1. The van der Waals surface area contributed by atoms with Gasteiger partial charge in [-0.1, -0.05) is 20.8 Å². The Morgan fingerprint density at radius 3 is 1.65 bits per heavy atom. The summed E-state index contributed by atoms with van der Waals surface area (Å²) in [5.41, 5.74) is 3.36. The molecule has 0 aromatic heterocycles. The zero-order valence-corrected chi connectivity index (χ0v) is 11.0. The summed E-state index contributed by atoms with van der Waals surface area (Å²) in [5.74, 6) is -11.8. The van der Waals surface area contributed by atoms with Crippen molar-refractivity contribution in [3.05, 3.63) is 29.1 Å². The first kappa shape index (κ1) is 16.4. The molecule has 0 aliphatic heterocycles. The smallest absolute Gasteiger partial charge is 0.241 e. The lowest BCUT2D eigenvalue weighted by Gasteiger charge is -2.26. The summed E-state index contributed by atoms with van der Waals surface area (Å²) in [4.78, 5) is 11.7. The van der Waals surface area contributed by atoms with Crippen LogP contribution in [0, 0.1) is 34.5 Å². The number of hydrogen-bond acceptors (Lipinski definition) is 2. The van der Waals surface area contributed by atoms with Crippen molar-refractivity contribution in [1.29, 1.82) is 0 Å². The first-order valence-corrected chi connectivity index (χ1v) is 5.56. The summed E-state index contributed by atoms with van der Waals surface area (Å²) >= 11 is 0. The van der Waals surface area contributed by atoms with Crippen molar-refractivity contribution in [2.24, 2.45) is 11.1 Å². The lowest BCUT2D eigenvalue weighted by molar-refractivity contribution is -0.119. The van der Waals surface area contributed by atoms with Gasteiger partial charge in [0.1, 0.15) is 5.69 Å². The highest BCUT2D eigenvalue weighted by Gasteiger charge is 2.31. The molecule has 1 atom stereocenters. The molecule has 0 unspecified atom stereocenters. The van der Waals surface area contributed by atoms with Crippen molar-refractivity contribution in [2.75, 3.05) is 5.32 Å². The zero-order chi connectivity index (χ0) is 15.8. The van der Waals surface area contributed by atoms with E-state index in [0.29, 0.717) is 0 Å². The van der Waals surface area contributed by atoms with Gasteiger partial charge >= 0.3 is 0 Å². The monoisotopic (exact) mass is 296 g/mol. The minimum Gasteiger partial charge on any atom is -0.320 e. The first-order chi connectivity index (χ1) is 8.98. The van der Waals surface area contributed by atoms with Crippen molar-refractivity contribution in [3.8, 4) is 0 Å². The number of carbonyl (C=O) groups excluding carboxylic acids is 1. The van der Waals surface area contributed by atoms with Gasteiger partial charge < -0.3 is 11.1 Å². The Labute approximate surface area is 112 Å². The molecular weight excluding hydrogens is 283 g/mol. The summed E-state index contributed by atoms with van der Waals surface area (Å²) in [7, 11) is 0. The molecule has 0 radical (unpaired) electrons. The van der Waals surface area contributed by atoms with Crippen LogP contribution in [-0.4, -0.2) is 11.9 Å². The number of anilines is 1. The van der Waals surface area contributed by atoms with Crippen LogP contribution in [0.1, 0.15) is 20.8 Å². The fourth-order valence-electron chi connectivity index (χ4n) is 1.31. The molecule has 1 aromatic carbocycles. The summed E-state index contributed by atoms with van der Waals surface area (Å²) < 4.78 is 65.4. The number of benzene rings is 1. The van der Waals surface area contributed by atoms with E-state index in [4.69, 9.17) is 5.73 Å². The Hall–Kier alpha value is -1.70.